The molecule has 0 radical (unpaired) electrons. The summed E-state index contributed by atoms with van der Waals surface area (Å²) in [6, 6.07) is 7.99. The number of nitrogens with one attached hydrogen (secondary N) is 2. The lowest BCUT2D eigenvalue weighted by molar-refractivity contribution is -0.182. The maximum atomic E-state index is 12.8. The average Bonchev–Trinajstić information content (AvgIpc) is 3.15. The number of hydrogen-bond donors (Lipinski definition) is 2. The predicted molar refractivity (Wildman–Crippen MR) is 113 cm³/mol. The fraction of sp³-hybridized carbons (Fsp3) is 0.636. The van der Waals surface area contributed by atoms with Gasteiger partial charge >= 0.3 is 6.18 Å². The van der Waals surface area contributed by atoms with E-state index in [1.807, 2.05) is 30.0 Å². The summed E-state index contributed by atoms with van der Waals surface area (Å²) in [6.07, 6.45) is -0.846. The molecular weight excluding hydrogens is 393 g/mol. The summed E-state index contributed by atoms with van der Waals surface area (Å²) in [6.45, 7) is 3.85. The van der Waals surface area contributed by atoms with E-state index >= 15 is 0 Å². The highest BCUT2D eigenvalue weighted by Gasteiger charge is 2.41. The van der Waals surface area contributed by atoms with Crippen LogP contribution in [0.25, 0.3) is 0 Å². The highest BCUT2D eigenvalue weighted by Crippen LogP contribution is 2.37. The standard InChI is InChI=1S/C22H31F3N4O/c1-2-26-21(28-18-11-9-17(10-12-18)22(23,24)25)27-14-5-8-20(30)29-15-13-16-6-3-4-7-19(16)29/h3-4,6-7,17-18H,2,5,8-15H2,1H3,(H2,26,27,28). The molecule has 0 unspecified atom stereocenters. The molecule has 1 aliphatic heterocycles. The van der Waals surface area contributed by atoms with E-state index in [9.17, 15) is 18.0 Å². The molecule has 1 aromatic carbocycles. The molecule has 2 aliphatic rings. The van der Waals surface area contributed by atoms with Crippen LogP contribution in [0.1, 0.15) is 51.0 Å². The molecule has 0 saturated heterocycles. The second-order valence-electron chi connectivity index (χ2n) is 8.02. The minimum absolute atomic E-state index is 0.00383. The van der Waals surface area contributed by atoms with Crippen LogP contribution in [-0.4, -0.2) is 43.7 Å². The van der Waals surface area contributed by atoms with E-state index in [2.05, 4.69) is 21.7 Å². The van der Waals surface area contributed by atoms with Gasteiger partial charge < -0.3 is 15.5 Å². The van der Waals surface area contributed by atoms with E-state index in [0.29, 0.717) is 44.7 Å². The van der Waals surface area contributed by atoms with Gasteiger partial charge in [0.25, 0.3) is 0 Å². The van der Waals surface area contributed by atoms with Gasteiger partial charge in [-0.2, -0.15) is 13.2 Å². The van der Waals surface area contributed by atoms with Gasteiger partial charge in [-0.25, -0.2) is 0 Å². The second-order valence-corrected chi connectivity index (χ2v) is 8.02. The molecule has 0 bridgehead atoms. The van der Waals surface area contributed by atoms with E-state index in [1.54, 1.807) is 0 Å². The highest BCUT2D eigenvalue weighted by atomic mass is 19.4. The smallest absolute Gasteiger partial charge is 0.357 e. The molecule has 8 heteroatoms. The lowest BCUT2D eigenvalue weighted by Gasteiger charge is -2.31. The van der Waals surface area contributed by atoms with Crippen LogP contribution in [0.4, 0.5) is 18.9 Å². The van der Waals surface area contributed by atoms with Crippen molar-refractivity contribution in [3.8, 4) is 0 Å². The van der Waals surface area contributed by atoms with Crippen LogP contribution >= 0.6 is 0 Å². The van der Waals surface area contributed by atoms with E-state index in [1.165, 1.54) is 5.56 Å². The van der Waals surface area contributed by atoms with Crippen molar-refractivity contribution in [1.82, 2.24) is 10.6 Å². The van der Waals surface area contributed by atoms with Gasteiger partial charge in [0, 0.05) is 37.8 Å². The molecule has 0 aromatic heterocycles. The summed E-state index contributed by atoms with van der Waals surface area (Å²) < 4.78 is 38.5. The normalized spacial score (nSPS) is 22.0. The van der Waals surface area contributed by atoms with Crippen molar-refractivity contribution >= 4 is 17.6 Å². The van der Waals surface area contributed by atoms with E-state index in [0.717, 1.165) is 18.7 Å². The number of benzene rings is 1. The topological polar surface area (TPSA) is 56.7 Å². The van der Waals surface area contributed by atoms with Gasteiger partial charge in [0.15, 0.2) is 5.96 Å². The Hall–Kier alpha value is -2.25. The summed E-state index contributed by atoms with van der Waals surface area (Å²) in [5, 5.41) is 6.41. The van der Waals surface area contributed by atoms with Gasteiger partial charge in [-0.3, -0.25) is 9.79 Å². The summed E-state index contributed by atoms with van der Waals surface area (Å²) in [5.41, 5.74) is 2.22. The van der Waals surface area contributed by atoms with Crippen molar-refractivity contribution < 1.29 is 18.0 Å². The molecule has 166 valence electrons. The fourth-order valence-corrected chi connectivity index (χ4v) is 4.23. The van der Waals surface area contributed by atoms with Crippen LogP contribution < -0.4 is 15.5 Å². The van der Waals surface area contributed by atoms with Crippen LogP contribution in [0.15, 0.2) is 29.3 Å². The van der Waals surface area contributed by atoms with Gasteiger partial charge in [0.05, 0.1) is 5.92 Å². The number of halogens is 3. The average molecular weight is 425 g/mol. The molecule has 0 spiro atoms. The minimum atomic E-state index is -4.09. The number of carbonyl (C=O) groups excluding carboxylic acids is 1. The molecule has 30 heavy (non-hydrogen) atoms. The van der Waals surface area contributed by atoms with Crippen molar-refractivity contribution in [2.75, 3.05) is 24.5 Å². The first-order valence-electron chi connectivity index (χ1n) is 10.9. The third kappa shape index (κ3) is 5.89. The van der Waals surface area contributed by atoms with Gasteiger partial charge in [-0.1, -0.05) is 18.2 Å². The van der Waals surface area contributed by atoms with Crippen molar-refractivity contribution in [2.24, 2.45) is 10.9 Å². The first-order valence-corrected chi connectivity index (χ1v) is 10.9. The molecular formula is C22H31F3N4O. The summed E-state index contributed by atoms with van der Waals surface area (Å²) >= 11 is 0. The number of para-hydroxylation sites is 1. The van der Waals surface area contributed by atoms with E-state index in [4.69, 9.17) is 0 Å². The zero-order valence-electron chi connectivity index (χ0n) is 17.5. The third-order valence-corrected chi connectivity index (χ3v) is 5.88. The fourth-order valence-electron chi connectivity index (χ4n) is 4.23. The zero-order chi connectivity index (χ0) is 21.6. The first-order chi connectivity index (χ1) is 14.4. The van der Waals surface area contributed by atoms with Crippen LogP contribution in [-0.2, 0) is 11.2 Å². The maximum Gasteiger partial charge on any atom is 0.391 e. The lowest BCUT2D eigenvalue weighted by Crippen LogP contribution is -2.45. The molecule has 5 nitrogen and oxygen atoms in total. The van der Waals surface area contributed by atoms with Crippen molar-refractivity contribution in [1.29, 1.82) is 0 Å². The molecule has 3 rings (SSSR count). The van der Waals surface area contributed by atoms with Crippen LogP contribution in [0.2, 0.25) is 0 Å². The number of alkyl halides is 3. The number of rotatable bonds is 6. The van der Waals surface area contributed by atoms with Gasteiger partial charge in [-0.05, 0) is 57.1 Å². The Morgan fingerprint density at radius 2 is 1.93 bits per heavy atom. The number of anilines is 1. The molecule has 2 N–H and O–H groups in total. The lowest BCUT2D eigenvalue weighted by atomic mass is 9.85. The molecule has 1 amide bonds. The number of guanidine groups is 1. The molecule has 1 heterocycles. The first kappa shape index (κ1) is 22.4. The van der Waals surface area contributed by atoms with Gasteiger partial charge in [0.2, 0.25) is 5.91 Å². The number of carbonyl (C=O) groups is 1. The quantitative estimate of drug-likeness (QED) is 0.412. The zero-order valence-corrected chi connectivity index (χ0v) is 17.5. The summed E-state index contributed by atoms with van der Waals surface area (Å²) in [7, 11) is 0. The number of amides is 1. The molecule has 1 fully saturated rings. The Bertz CT molecular complexity index is 742. The highest BCUT2D eigenvalue weighted by molar-refractivity contribution is 5.95. The predicted octanol–water partition coefficient (Wildman–Crippen LogP) is 4.03. The number of nitrogens with zero attached hydrogens (tertiary/aromatic N) is 2. The molecule has 1 saturated carbocycles. The number of hydrogen-bond acceptors (Lipinski definition) is 2. The Kier molecular flexibility index (Phi) is 7.61. The van der Waals surface area contributed by atoms with Crippen molar-refractivity contribution in [2.45, 2.75) is 64.1 Å². The molecule has 1 aromatic rings. The van der Waals surface area contributed by atoms with Crippen LogP contribution in [0.5, 0.6) is 0 Å². The Balaban J connectivity index is 1.44. The van der Waals surface area contributed by atoms with Crippen molar-refractivity contribution in [3.63, 3.8) is 0 Å². The number of aliphatic imine (C=N–C) groups is 1. The summed E-state index contributed by atoms with van der Waals surface area (Å²) in [5.74, 6) is -0.456. The SMILES string of the molecule is CCNC(=NCCCC(=O)N1CCc2ccccc21)NC1CCC(C(F)(F)F)CC1. The van der Waals surface area contributed by atoms with E-state index < -0.39 is 12.1 Å². The van der Waals surface area contributed by atoms with Crippen LogP contribution in [0, 0.1) is 5.92 Å². The molecule has 0 atom stereocenters. The maximum absolute atomic E-state index is 12.8. The Labute approximate surface area is 176 Å². The Morgan fingerprint density at radius 1 is 1.20 bits per heavy atom. The second kappa shape index (κ2) is 10.2. The third-order valence-electron chi connectivity index (χ3n) is 5.88. The Morgan fingerprint density at radius 3 is 2.63 bits per heavy atom. The van der Waals surface area contributed by atoms with Gasteiger partial charge in [-0.15, -0.1) is 0 Å². The van der Waals surface area contributed by atoms with Gasteiger partial charge in [0.1, 0.15) is 0 Å². The summed E-state index contributed by atoms with van der Waals surface area (Å²) in [4.78, 5) is 18.9. The number of fused-ring (bicyclic) bond motifs is 1. The monoisotopic (exact) mass is 424 g/mol. The molecule has 1 aliphatic carbocycles. The van der Waals surface area contributed by atoms with E-state index in [-0.39, 0.29) is 24.8 Å². The van der Waals surface area contributed by atoms with Crippen molar-refractivity contribution in [3.05, 3.63) is 29.8 Å². The van der Waals surface area contributed by atoms with Crippen LogP contribution in [0.3, 0.4) is 0 Å². The minimum Gasteiger partial charge on any atom is -0.357 e. The largest absolute Gasteiger partial charge is 0.391 e.